The minimum atomic E-state index is -0.396. The van der Waals surface area contributed by atoms with Crippen molar-refractivity contribution in [3.8, 4) is 17.1 Å². The fraction of sp³-hybridized carbons (Fsp3) is 0.0952. The summed E-state index contributed by atoms with van der Waals surface area (Å²) in [6.07, 6.45) is 0. The van der Waals surface area contributed by atoms with Crippen LogP contribution in [0.3, 0.4) is 0 Å². The Morgan fingerprint density at radius 3 is 2.69 bits per heavy atom. The zero-order chi connectivity index (χ0) is 20.2. The number of furan rings is 1. The number of hydrogen-bond donors (Lipinski definition) is 1. The minimum absolute atomic E-state index is 0.183. The molecule has 4 aromatic rings. The third-order valence-electron chi connectivity index (χ3n) is 4.09. The van der Waals surface area contributed by atoms with Gasteiger partial charge < -0.3 is 9.15 Å². The molecule has 0 fully saturated rings. The van der Waals surface area contributed by atoms with Crippen molar-refractivity contribution in [1.29, 1.82) is 0 Å². The van der Waals surface area contributed by atoms with Gasteiger partial charge in [-0.2, -0.15) is 0 Å². The van der Waals surface area contributed by atoms with Gasteiger partial charge in [0.2, 0.25) is 5.13 Å². The van der Waals surface area contributed by atoms with Crippen molar-refractivity contribution < 1.29 is 13.9 Å². The average Bonchev–Trinajstić information content (AvgIpc) is 3.38. The van der Waals surface area contributed by atoms with E-state index in [1.165, 1.54) is 11.3 Å². The molecule has 0 radical (unpaired) electrons. The summed E-state index contributed by atoms with van der Waals surface area (Å²) in [5.74, 6) is 1.16. The van der Waals surface area contributed by atoms with Crippen molar-refractivity contribution in [3.05, 3.63) is 82.0 Å². The molecule has 2 aromatic heterocycles. The Morgan fingerprint density at radius 1 is 1.10 bits per heavy atom. The molecule has 0 aliphatic rings. The monoisotopic (exact) mass is 425 g/mol. The van der Waals surface area contributed by atoms with E-state index in [9.17, 15) is 4.79 Å². The summed E-state index contributed by atoms with van der Waals surface area (Å²) in [5, 5.41) is 12.4. The Labute approximate surface area is 176 Å². The van der Waals surface area contributed by atoms with Gasteiger partial charge in [-0.1, -0.05) is 41.1 Å². The summed E-state index contributed by atoms with van der Waals surface area (Å²) < 4.78 is 11.4. The fourth-order valence-corrected chi connectivity index (χ4v) is 3.38. The lowest BCUT2D eigenvalue weighted by Gasteiger charge is -2.06. The van der Waals surface area contributed by atoms with E-state index in [1.54, 1.807) is 24.3 Å². The van der Waals surface area contributed by atoms with Crippen LogP contribution in [0, 0.1) is 6.92 Å². The van der Waals surface area contributed by atoms with Crippen LogP contribution in [0.1, 0.15) is 21.1 Å². The van der Waals surface area contributed by atoms with Gasteiger partial charge in [0.25, 0.3) is 5.91 Å². The molecule has 1 N–H and O–H groups in total. The summed E-state index contributed by atoms with van der Waals surface area (Å²) in [4.78, 5) is 12.4. The summed E-state index contributed by atoms with van der Waals surface area (Å²) in [6, 6.07) is 18.3. The van der Waals surface area contributed by atoms with Crippen molar-refractivity contribution >= 4 is 34.0 Å². The van der Waals surface area contributed by atoms with Crippen molar-refractivity contribution in [2.75, 3.05) is 5.32 Å². The fourth-order valence-electron chi connectivity index (χ4n) is 2.61. The van der Waals surface area contributed by atoms with Crippen LogP contribution in [-0.4, -0.2) is 16.1 Å². The molecule has 0 saturated carbocycles. The number of ether oxygens (including phenoxy) is 1. The highest BCUT2D eigenvalue weighted by Crippen LogP contribution is 2.25. The van der Waals surface area contributed by atoms with Crippen molar-refractivity contribution in [2.24, 2.45) is 0 Å². The van der Waals surface area contributed by atoms with Gasteiger partial charge in [-0.3, -0.25) is 10.1 Å². The highest BCUT2D eigenvalue weighted by atomic mass is 35.5. The quantitative estimate of drug-likeness (QED) is 0.435. The van der Waals surface area contributed by atoms with Crippen LogP contribution in [0.5, 0.6) is 5.75 Å². The molecule has 0 spiro atoms. The first-order chi connectivity index (χ1) is 14.1. The Hall–Kier alpha value is -3.16. The summed E-state index contributed by atoms with van der Waals surface area (Å²) >= 11 is 7.15. The van der Waals surface area contributed by atoms with E-state index in [-0.39, 0.29) is 12.4 Å². The number of nitrogens with one attached hydrogen (secondary N) is 1. The smallest absolute Gasteiger partial charge is 0.293 e. The van der Waals surface area contributed by atoms with Crippen molar-refractivity contribution in [2.45, 2.75) is 13.5 Å². The van der Waals surface area contributed by atoms with Gasteiger partial charge in [-0.15, -0.1) is 10.2 Å². The molecule has 1 amide bonds. The molecule has 29 heavy (non-hydrogen) atoms. The average molecular weight is 426 g/mol. The predicted molar refractivity (Wildman–Crippen MR) is 113 cm³/mol. The van der Waals surface area contributed by atoms with Gasteiger partial charge in [0.1, 0.15) is 18.1 Å². The molecular weight excluding hydrogens is 410 g/mol. The van der Waals surface area contributed by atoms with Crippen LogP contribution in [0.2, 0.25) is 5.02 Å². The van der Waals surface area contributed by atoms with Gasteiger partial charge in [0.15, 0.2) is 10.8 Å². The van der Waals surface area contributed by atoms with Gasteiger partial charge in [-0.05, 0) is 55.0 Å². The van der Waals surface area contributed by atoms with E-state index in [2.05, 4.69) is 15.5 Å². The van der Waals surface area contributed by atoms with E-state index < -0.39 is 5.91 Å². The molecule has 0 atom stereocenters. The lowest BCUT2D eigenvalue weighted by atomic mass is 10.2. The largest absolute Gasteiger partial charge is 0.486 e. The maximum Gasteiger partial charge on any atom is 0.293 e. The zero-order valence-corrected chi connectivity index (χ0v) is 17.0. The summed E-state index contributed by atoms with van der Waals surface area (Å²) in [5.41, 5.74) is 1.87. The van der Waals surface area contributed by atoms with E-state index in [4.69, 9.17) is 20.8 Å². The van der Waals surface area contributed by atoms with Crippen LogP contribution in [0.15, 0.2) is 65.1 Å². The Morgan fingerprint density at radius 2 is 1.90 bits per heavy atom. The Balaban J connectivity index is 1.38. The Bertz CT molecular complexity index is 1140. The number of aromatic nitrogens is 2. The molecule has 0 unspecified atom stereocenters. The van der Waals surface area contributed by atoms with E-state index in [0.29, 0.717) is 20.9 Å². The lowest BCUT2D eigenvalue weighted by molar-refractivity contribution is 0.0997. The van der Waals surface area contributed by atoms with Crippen molar-refractivity contribution in [1.82, 2.24) is 10.2 Å². The van der Waals surface area contributed by atoms with E-state index in [1.807, 2.05) is 43.3 Å². The SMILES string of the molecule is Cc1ccccc1OCc1nnc(NC(=O)c2ccc(-c3ccc(Cl)cc3)o2)s1. The van der Waals surface area contributed by atoms with E-state index >= 15 is 0 Å². The molecule has 0 bridgehead atoms. The lowest BCUT2D eigenvalue weighted by Crippen LogP contribution is -2.10. The standard InChI is InChI=1S/C21H16ClN3O3S/c1-13-4-2-3-5-16(13)27-12-19-24-25-21(29-19)23-20(26)18-11-10-17(28-18)14-6-8-15(22)9-7-14/h2-11H,12H2,1H3,(H,23,25,26). The number of benzene rings is 2. The first-order valence-electron chi connectivity index (χ1n) is 8.76. The van der Waals surface area contributed by atoms with Crippen LogP contribution in [0.25, 0.3) is 11.3 Å². The van der Waals surface area contributed by atoms with Crippen LogP contribution >= 0.6 is 22.9 Å². The van der Waals surface area contributed by atoms with Crippen LogP contribution < -0.4 is 10.1 Å². The summed E-state index contributed by atoms with van der Waals surface area (Å²) in [6.45, 7) is 2.25. The summed E-state index contributed by atoms with van der Waals surface area (Å²) in [7, 11) is 0. The highest BCUT2D eigenvalue weighted by molar-refractivity contribution is 7.15. The molecule has 4 rings (SSSR count). The zero-order valence-electron chi connectivity index (χ0n) is 15.4. The highest BCUT2D eigenvalue weighted by Gasteiger charge is 2.15. The molecule has 2 aromatic carbocycles. The number of nitrogens with zero attached hydrogens (tertiary/aromatic N) is 2. The van der Waals surface area contributed by atoms with Gasteiger partial charge in [0, 0.05) is 10.6 Å². The first-order valence-corrected chi connectivity index (χ1v) is 9.96. The Kier molecular flexibility index (Phi) is 5.59. The number of para-hydroxylation sites is 1. The molecule has 0 aliphatic carbocycles. The number of halogens is 1. The third kappa shape index (κ3) is 4.64. The number of carbonyl (C=O) groups is 1. The van der Waals surface area contributed by atoms with Gasteiger partial charge >= 0.3 is 0 Å². The normalized spacial score (nSPS) is 10.7. The van der Waals surface area contributed by atoms with Crippen LogP contribution in [-0.2, 0) is 6.61 Å². The second-order valence-corrected chi connectivity index (χ2v) is 7.68. The molecule has 8 heteroatoms. The van der Waals surface area contributed by atoms with Crippen molar-refractivity contribution in [3.63, 3.8) is 0 Å². The second-order valence-electron chi connectivity index (χ2n) is 6.18. The number of amides is 1. The topological polar surface area (TPSA) is 77.3 Å². The maximum atomic E-state index is 12.4. The number of anilines is 1. The van der Waals surface area contributed by atoms with Crippen LogP contribution in [0.4, 0.5) is 5.13 Å². The number of rotatable bonds is 6. The molecule has 2 heterocycles. The molecule has 0 saturated heterocycles. The predicted octanol–water partition coefficient (Wildman–Crippen LogP) is 5.59. The molecule has 146 valence electrons. The third-order valence-corrected chi connectivity index (χ3v) is 5.15. The van der Waals surface area contributed by atoms with Gasteiger partial charge in [0.05, 0.1) is 0 Å². The van der Waals surface area contributed by atoms with Gasteiger partial charge in [-0.25, -0.2) is 0 Å². The molecular formula is C21H16ClN3O3S. The first kappa shape index (κ1) is 19.2. The van der Waals surface area contributed by atoms with E-state index in [0.717, 1.165) is 16.9 Å². The molecule has 6 nitrogen and oxygen atoms in total. The minimum Gasteiger partial charge on any atom is -0.486 e. The number of aryl methyl sites for hydroxylation is 1. The maximum absolute atomic E-state index is 12.4. The number of carbonyl (C=O) groups excluding carboxylic acids is 1. The second kappa shape index (κ2) is 8.46. The number of hydrogen-bond acceptors (Lipinski definition) is 6. The molecule has 0 aliphatic heterocycles.